The zero-order valence-electron chi connectivity index (χ0n) is 9.45. The zero-order chi connectivity index (χ0) is 13.1. The fourth-order valence-corrected chi connectivity index (χ4v) is 1.87. The molecule has 94 valence electrons. The number of methoxy groups -OCH3 is 1. The molecule has 0 atom stereocenters. The fourth-order valence-electron chi connectivity index (χ4n) is 1.37. The summed E-state index contributed by atoms with van der Waals surface area (Å²) in [5.41, 5.74) is 6.25. The van der Waals surface area contributed by atoms with E-state index in [4.69, 9.17) is 22.1 Å². The van der Waals surface area contributed by atoms with Gasteiger partial charge in [-0.05, 0) is 18.2 Å². The molecule has 2 rings (SSSR count). The van der Waals surface area contributed by atoms with Crippen LogP contribution >= 0.6 is 27.5 Å². The Bertz CT molecular complexity index is 579. The van der Waals surface area contributed by atoms with Crippen molar-refractivity contribution in [3.8, 4) is 5.75 Å². The average Bonchev–Trinajstić information content (AvgIpc) is 2.34. The molecule has 7 heteroatoms. The van der Waals surface area contributed by atoms with Crippen LogP contribution in [0.25, 0.3) is 0 Å². The van der Waals surface area contributed by atoms with Gasteiger partial charge in [-0.25, -0.2) is 4.98 Å². The minimum absolute atomic E-state index is 0.149. The number of nitrogens with one attached hydrogen (secondary N) is 1. The van der Waals surface area contributed by atoms with Gasteiger partial charge in [0.25, 0.3) is 0 Å². The van der Waals surface area contributed by atoms with Crippen LogP contribution in [0.15, 0.2) is 28.9 Å². The number of halogens is 2. The minimum atomic E-state index is 0.149. The third kappa shape index (κ3) is 2.83. The van der Waals surface area contributed by atoms with Crippen molar-refractivity contribution in [1.82, 2.24) is 9.97 Å². The number of hydrogen-bond acceptors (Lipinski definition) is 5. The molecule has 5 nitrogen and oxygen atoms in total. The molecule has 0 unspecified atom stereocenters. The van der Waals surface area contributed by atoms with E-state index >= 15 is 0 Å². The quantitative estimate of drug-likeness (QED) is 0.904. The minimum Gasteiger partial charge on any atom is -0.495 e. The molecule has 1 aromatic heterocycles. The van der Waals surface area contributed by atoms with Gasteiger partial charge in [-0.2, -0.15) is 4.98 Å². The van der Waals surface area contributed by atoms with Gasteiger partial charge < -0.3 is 15.8 Å². The second-order valence-corrected chi connectivity index (χ2v) is 4.72. The first-order valence-corrected chi connectivity index (χ1v) is 6.16. The van der Waals surface area contributed by atoms with Crippen LogP contribution in [-0.4, -0.2) is 17.1 Å². The Labute approximate surface area is 117 Å². The lowest BCUT2D eigenvalue weighted by molar-refractivity contribution is 0.416. The van der Waals surface area contributed by atoms with Crippen LogP contribution in [0.1, 0.15) is 0 Å². The summed E-state index contributed by atoms with van der Waals surface area (Å²) in [5, 5.41) is 3.44. The highest BCUT2D eigenvalue weighted by molar-refractivity contribution is 9.10. The first kappa shape index (κ1) is 12.9. The number of aromatic nitrogens is 2. The number of ether oxygens (including phenoxy) is 1. The standard InChI is InChI=1S/C11H10BrClN4O/c1-18-9-3-2-6(12)4-8(9)16-10-7(13)5-15-11(14)17-10/h2-5H,1H3,(H3,14,15,16,17). The van der Waals surface area contributed by atoms with Crippen molar-refractivity contribution in [3.63, 3.8) is 0 Å². The number of nitrogen functional groups attached to an aromatic ring is 1. The molecule has 0 aliphatic carbocycles. The van der Waals surface area contributed by atoms with Gasteiger partial charge in [0.15, 0.2) is 5.82 Å². The van der Waals surface area contributed by atoms with Crippen molar-refractivity contribution >= 4 is 45.0 Å². The van der Waals surface area contributed by atoms with Gasteiger partial charge in [-0.15, -0.1) is 0 Å². The van der Waals surface area contributed by atoms with E-state index in [-0.39, 0.29) is 5.95 Å². The Balaban J connectivity index is 2.38. The van der Waals surface area contributed by atoms with Crippen LogP contribution in [0.4, 0.5) is 17.5 Å². The van der Waals surface area contributed by atoms with E-state index in [9.17, 15) is 0 Å². The number of rotatable bonds is 3. The molecule has 0 fully saturated rings. The Morgan fingerprint density at radius 2 is 2.22 bits per heavy atom. The summed E-state index contributed by atoms with van der Waals surface area (Å²) in [7, 11) is 1.59. The molecule has 0 bridgehead atoms. The number of anilines is 3. The van der Waals surface area contributed by atoms with Crippen molar-refractivity contribution in [2.24, 2.45) is 0 Å². The maximum Gasteiger partial charge on any atom is 0.222 e. The molecular weight excluding hydrogens is 320 g/mol. The monoisotopic (exact) mass is 328 g/mol. The van der Waals surface area contributed by atoms with E-state index in [1.54, 1.807) is 7.11 Å². The van der Waals surface area contributed by atoms with E-state index < -0.39 is 0 Å². The summed E-state index contributed by atoms with van der Waals surface area (Å²) < 4.78 is 6.15. The van der Waals surface area contributed by atoms with E-state index in [1.165, 1.54) is 6.20 Å². The lowest BCUT2D eigenvalue weighted by Crippen LogP contribution is -2.01. The van der Waals surface area contributed by atoms with E-state index in [0.717, 1.165) is 10.2 Å². The van der Waals surface area contributed by atoms with E-state index in [1.807, 2.05) is 18.2 Å². The van der Waals surface area contributed by atoms with Crippen molar-refractivity contribution in [2.75, 3.05) is 18.2 Å². The van der Waals surface area contributed by atoms with Crippen molar-refractivity contribution in [1.29, 1.82) is 0 Å². The topological polar surface area (TPSA) is 73.1 Å². The van der Waals surface area contributed by atoms with Gasteiger partial charge in [0, 0.05) is 4.47 Å². The van der Waals surface area contributed by atoms with Crippen molar-refractivity contribution < 1.29 is 4.74 Å². The molecule has 2 aromatic rings. The van der Waals surface area contributed by atoms with Crippen molar-refractivity contribution in [3.05, 3.63) is 33.9 Å². The molecule has 0 spiro atoms. The third-order valence-corrected chi connectivity index (χ3v) is 2.95. The van der Waals surface area contributed by atoms with Gasteiger partial charge in [-0.3, -0.25) is 0 Å². The molecular formula is C11H10BrClN4O. The predicted octanol–water partition coefficient (Wildman–Crippen LogP) is 3.23. The summed E-state index contributed by atoms with van der Waals surface area (Å²) in [4.78, 5) is 7.82. The van der Waals surface area contributed by atoms with Crippen LogP contribution in [0.3, 0.4) is 0 Å². The van der Waals surface area contributed by atoms with Crippen LogP contribution in [0.5, 0.6) is 5.75 Å². The molecule has 0 aliphatic rings. The summed E-state index contributed by atoms with van der Waals surface area (Å²) >= 11 is 9.37. The molecule has 1 heterocycles. The molecule has 3 N–H and O–H groups in total. The number of nitrogens with zero attached hydrogens (tertiary/aromatic N) is 2. The first-order valence-electron chi connectivity index (χ1n) is 4.98. The SMILES string of the molecule is COc1ccc(Br)cc1Nc1nc(N)ncc1Cl. The third-order valence-electron chi connectivity index (χ3n) is 2.18. The van der Waals surface area contributed by atoms with Crippen molar-refractivity contribution in [2.45, 2.75) is 0 Å². The molecule has 18 heavy (non-hydrogen) atoms. The van der Waals surface area contributed by atoms with E-state index in [0.29, 0.717) is 16.6 Å². The maximum absolute atomic E-state index is 5.99. The van der Waals surface area contributed by atoms with Crippen LogP contribution in [0.2, 0.25) is 5.02 Å². The number of hydrogen-bond donors (Lipinski definition) is 2. The summed E-state index contributed by atoms with van der Waals surface area (Å²) in [5.74, 6) is 1.25. The Morgan fingerprint density at radius 1 is 1.44 bits per heavy atom. The highest BCUT2D eigenvalue weighted by Crippen LogP contribution is 2.32. The summed E-state index contributed by atoms with van der Waals surface area (Å²) in [6.45, 7) is 0. The van der Waals surface area contributed by atoms with Crippen LogP contribution < -0.4 is 15.8 Å². The van der Waals surface area contributed by atoms with Gasteiger partial charge in [0.05, 0.1) is 19.0 Å². The van der Waals surface area contributed by atoms with Crippen LogP contribution in [-0.2, 0) is 0 Å². The maximum atomic E-state index is 5.99. The molecule has 1 aromatic carbocycles. The van der Waals surface area contributed by atoms with E-state index in [2.05, 4.69) is 31.2 Å². The Morgan fingerprint density at radius 3 is 2.94 bits per heavy atom. The molecule has 0 saturated carbocycles. The predicted molar refractivity (Wildman–Crippen MR) is 75.4 cm³/mol. The largest absolute Gasteiger partial charge is 0.495 e. The second kappa shape index (κ2) is 5.41. The summed E-state index contributed by atoms with van der Waals surface area (Å²) in [6, 6.07) is 5.55. The molecule has 0 aliphatic heterocycles. The normalized spacial score (nSPS) is 10.2. The molecule has 0 radical (unpaired) electrons. The lowest BCUT2D eigenvalue weighted by atomic mass is 10.3. The van der Waals surface area contributed by atoms with Gasteiger partial charge in [0.2, 0.25) is 5.95 Å². The average molecular weight is 330 g/mol. The molecule has 0 amide bonds. The smallest absolute Gasteiger partial charge is 0.222 e. The highest BCUT2D eigenvalue weighted by atomic mass is 79.9. The second-order valence-electron chi connectivity index (χ2n) is 3.39. The van der Waals surface area contributed by atoms with Gasteiger partial charge >= 0.3 is 0 Å². The number of nitrogens with two attached hydrogens (primary N) is 1. The fraction of sp³-hybridized carbons (Fsp3) is 0.0909. The van der Waals surface area contributed by atoms with Gasteiger partial charge in [0.1, 0.15) is 10.8 Å². The lowest BCUT2D eigenvalue weighted by Gasteiger charge is -2.12. The van der Waals surface area contributed by atoms with Gasteiger partial charge in [-0.1, -0.05) is 27.5 Å². The Hall–Kier alpha value is -1.53. The Kier molecular flexibility index (Phi) is 3.88. The zero-order valence-corrected chi connectivity index (χ0v) is 11.8. The number of benzene rings is 1. The molecule has 0 saturated heterocycles. The first-order chi connectivity index (χ1) is 8.60. The van der Waals surface area contributed by atoms with Crippen LogP contribution in [0, 0.1) is 0 Å². The highest BCUT2D eigenvalue weighted by Gasteiger charge is 2.08. The summed E-state index contributed by atoms with van der Waals surface area (Å²) in [6.07, 6.45) is 1.44.